The predicted molar refractivity (Wildman–Crippen MR) is 90.7 cm³/mol. The minimum atomic E-state index is -4.78. The van der Waals surface area contributed by atoms with Crippen molar-refractivity contribution >= 4 is 15.8 Å². The Hall–Kier alpha value is -3.12. The molecule has 7 nitrogen and oxygen atoms in total. The molecule has 0 unspecified atom stereocenters. The Labute approximate surface area is 161 Å². The second kappa shape index (κ2) is 7.72. The van der Waals surface area contributed by atoms with Crippen LogP contribution < -0.4 is 4.72 Å². The lowest BCUT2D eigenvalue weighted by Gasteiger charge is -2.07. The maximum absolute atomic E-state index is 13.6. The third-order valence-corrected chi connectivity index (χ3v) is 5.12. The van der Waals surface area contributed by atoms with E-state index in [0.29, 0.717) is 0 Å². The number of halogens is 4. The highest BCUT2D eigenvalue weighted by Crippen LogP contribution is 2.29. The summed E-state index contributed by atoms with van der Waals surface area (Å²) < 4.78 is 81.4. The van der Waals surface area contributed by atoms with Crippen LogP contribution >= 0.6 is 0 Å². The van der Waals surface area contributed by atoms with E-state index in [0.717, 1.165) is 12.1 Å². The molecule has 0 atom stereocenters. The van der Waals surface area contributed by atoms with Crippen molar-refractivity contribution in [1.82, 2.24) is 14.9 Å². The number of hydrogen-bond donors (Lipinski definition) is 1. The van der Waals surface area contributed by atoms with E-state index in [4.69, 9.17) is 0 Å². The van der Waals surface area contributed by atoms with E-state index in [1.54, 1.807) is 0 Å². The highest BCUT2D eigenvalue weighted by atomic mass is 32.2. The molecule has 0 radical (unpaired) electrons. The van der Waals surface area contributed by atoms with Gasteiger partial charge >= 0.3 is 12.1 Å². The summed E-state index contributed by atoms with van der Waals surface area (Å²) in [5, 5.41) is 3.22. The lowest BCUT2D eigenvalue weighted by atomic mass is 10.1. The number of carbonyl (C=O) groups is 1. The molecule has 0 aliphatic carbocycles. The van der Waals surface area contributed by atoms with E-state index in [-0.39, 0.29) is 17.0 Å². The number of aromatic nitrogens is 2. The number of sulfonamides is 1. The first-order valence-electron chi connectivity index (χ1n) is 7.86. The molecule has 0 amide bonds. The van der Waals surface area contributed by atoms with E-state index in [1.807, 2.05) is 4.72 Å². The third-order valence-electron chi connectivity index (χ3n) is 3.68. The Morgan fingerprint density at radius 2 is 1.72 bits per heavy atom. The minimum absolute atomic E-state index is 0.0736. The molecule has 12 heteroatoms. The maximum Gasteiger partial charge on any atom is 0.471 e. The molecule has 1 N–H and O–H groups in total. The summed E-state index contributed by atoms with van der Waals surface area (Å²) in [7, 11) is -4.24. The van der Waals surface area contributed by atoms with Crippen LogP contribution in [-0.2, 0) is 16.2 Å². The van der Waals surface area contributed by atoms with Gasteiger partial charge in [0.1, 0.15) is 10.7 Å². The molecule has 152 valence electrons. The molecular formula is C17H11F4N3O4S. The Balaban J connectivity index is 1.69. The van der Waals surface area contributed by atoms with Gasteiger partial charge in [-0.2, -0.15) is 18.2 Å². The van der Waals surface area contributed by atoms with Crippen molar-refractivity contribution in [2.24, 2.45) is 0 Å². The molecule has 0 aliphatic rings. The summed E-state index contributed by atoms with van der Waals surface area (Å²) in [6.45, 7) is -0.642. The molecule has 29 heavy (non-hydrogen) atoms. The molecule has 0 fully saturated rings. The van der Waals surface area contributed by atoms with Crippen LogP contribution in [0.5, 0.6) is 0 Å². The SMILES string of the molecule is O=C(CNS(=O)(=O)c1ccccc1F)c1ccc(-c2noc(C(F)(F)F)n2)cc1. The normalized spacial score (nSPS) is 12.1. The van der Waals surface area contributed by atoms with Crippen LogP contribution in [0, 0.1) is 5.82 Å². The topological polar surface area (TPSA) is 102 Å². The second-order valence-electron chi connectivity index (χ2n) is 5.68. The van der Waals surface area contributed by atoms with Crippen LogP contribution in [0.3, 0.4) is 0 Å². The Bertz CT molecular complexity index is 1140. The summed E-state index contributed by atoms with van der Waals surface area (Å²) in [5.41, 5.74) is 0.234. The first-order chi connectivity index (χ1) is 13.6. The molecule has 0 bridgehead atoms. The van der Waals surface area contributed by atoms with Crippen molar-refractivity contribution in [3.63, 3.8) is 0 Å². The highest BCUT2D eigenvalue weighted by Gasteiger charge is 2.38. The summed E-state index contributed by atoms with van der Waals surface area (Å²) in [5.74, 6) is -3.43. The van der Waals surface area contributed by atoms with E-state index < -0.39 is 45.1 Å². The van der Waals surface area contributed by atoms with E-state index in [1.165, 1.54) is 36.4 Å². The zero-order chi connectivity index (χ0) is 21.2. The minimum Gasteiger partial charge on any atom is -0.329 e. The molecule has 3 rings (SSSR count). The van der Waals surface area contributed by atoms with Crippen LogP contribution in [0.15, 0.2) is 57.9 Å². The van der Waals surface area contributed by atoms with Crippen molar-refractivity contribution in [2.45, 2.75) is 11.1 Å². The number of Topliss-reactive ketones (excluding diaryl/α,β-unsaturated/α-hetero) is 1. The molecule has 0 saturated carbocycles. The number of ketones is 1. The standard InChI is InChI=1S/C17H11F4N3O4S/c18-12-3-1-2-4-14(12)29(26,27)22-9-13(25)10-5-7-11(8-6-10)15-23-16(28-24-15)17(19,20)21/h1-8,22H,9H2. The number of alkyl halides is 3. The summed E-state index contributed by atoms with van der Waals surface area (Å²) in [6, 6.07) is 9.77. The first-order valence-corrected chi connectivity index (χ1v) is 9.35. The van der Waals surface area contributed by atoms with Crippen molar-refractivity contribution in [2.75, 3.05) is 6.54 Å². The Morgan fingerprint density at radius 1 is 1.07 bits per heavy atom. The van der Waals surface area contributed by atoms with Gasteiger partial charge in [0.15, 0.2) is 5.78 Å². The van der Waals surface area contributed by atoms with E-state index >= 15 is 0 Å². The van der Waals surface area contributed by atoms with Gasteiger partial charge in [-0.05, 0) is 12.1 Å². The van der Waals surface area contributed by atoms with Crippen LogP contribution in [0.1, 0.15) is 16.2 Å². The number of benzene rings is 2. The summed E-state index contributed by atoms with van der Waals surface area (Å²) in [4.78, 5) is 14.8. The maximum atomic E-state index is 13.6. The van der Waals surface area contributed by atoms with Crippen molar-refractivity contribution in [1.29, 1.82) is 0 Å². The van der Waals surface area contributed by atoms with Crippen LogP contribution in [0.4, 0.5) is 17.6 Å². The quantitative estimate of drug-likeness (QED) is 0.477. The van der Waals surface area contributed by atoms with Crippen molar-refractivity contribution in [3.8, 4) is 11.4 Å². The molecule has 2 aromatic carbocycles. The lowest BCUT2D eigenvalue weighted by molar-refractivity contribution is -0.159. The second-order valence-corrected chi connectivity index (χ2v) is 7.41. The predicted octanol–water partition coefficient (Wildman–Crippen LogP) is 3.06. The van der Waals surface area contributed by atoms with Crippen LogP contribution in [-0.4, -0.2) is 30.9 Å². The van der Waals surface area contributed by atoms with Gasteiger partial charge in [0.05, 0.1) is 6.54 Å². The molecule has 0 aliphatic heterocycles. The van der Waals surface area contributed by atoms with E-state index in [9.17, 15) is 30.8 Å². The monoisotopic (exact) mass is 429 g/mol. The number of rotatable bonds is 6. The molecule has 1 heterocycles. The highest BCUT2D eigenvalue weighted by molar-refractivity contribution is 7.89. The fraction of sp³-hybridized carbons (Fsp3) is 0.118. The average molecular weight is 429 g/mol. The molecular weight excluding hydrogens is 418 g/mol. The van der Waals surface area contributed by atoms with Gasteiger partial charge in [-0.15, -0.1) is 0 Å². The molecule has 1 aromatic heterocycles. The van der Waals surface area contributed by atoms with Crippen LogP contribution in [0.25, 0.3) is 11.4 Å². The largest absolute Gasteiger partial charge is 0.471 e. The number of nitrogens with zero attached hydrogens (tertiary/aromatic N) is 2. The molecule has 3 aromatic rings. The van der Waals surface area contributed by atoms with Gasteiger partial charge in [-0.25, -0.2) is 17.5 Å². The van der Waals surface area contributed by atoms with E-state index in [2.05, 4.69) is 14.7 Å². The lowest BCUT2D eigenvalue weighted by Crippen LogP contribution is -2.30. The Morgan fingerprint density at radius 3 is 2.31 bits per heavy atom. The van der Waals surface area contributed by atoms with Gasteiger partial charge < -0.3 is 4.52 Å². The third kappa shape index (κ3) is 4.66. The van der Waals surface area contributed by atoms with Gasteiger partial charge in [0.25, 0.3) is 0 Å². The number of hydrogen-bond acceptors (Lipinski definition) is 6. The zero-order valence-electron chi connectivity index (χ0n) is 14.3. The average Bonchev–Trinajstić information content (AvgIpc) is 3.17. The fourth-order valence-corrected chi connectivity index (χ4v) is 3.32. The van der Waals surface area contributed by atoms with Gasteiger partial charge in [-0.3, -0.25) is 4.79 Å². The molecule has 0 saturated heterocycles. The summed E-state index contributed by atoms with van der Waals surface area (Å²) in [6.07, 6.45) is -4.78. The summed E-state index contributed by atoms with van der Waals surface area (Å²) >= 11 is 0. The first kappa shape index (κ1) is 20.6. The fourth-order valence-electron chi connectivity index (χ4n) is 2.26. The van der Waals surface area contributed by atoms with Gasteiger partial charge in [-0.1, -0.05) is 41.6 Å². The van der Waals surface area contributed by atoms with Gasteiger partial charge in [0.2, 0.25) is 15.8 Å². The van der Waals surface area contributed by atoms with Crippen molar-refractivity contribution in [3.05, 3.63) is 65.8 Å². The molecule has 0 spiro atoms. The number of carbonyl (C=O) groups excluding carboxylic acids is 1. The van der Waals surface area contributed by atoms with Crippen molar-refractivity contribution < 1.29 is 35.3 Å². The zero-order valence-corrected chi connectivity index (χ0v) is 15.1. The Kier molecular flexibility index (Phi) is 5.48. The van der Waals surface area contributed by atoms with Gasteiger partial charge in [0, 0.05) is 11.1 Å². The number of nitrogens with one attached hydrogen (secondary N) is 1. The smallest absolute Gasteiger partial charge is 0.329 e. The van der Waals surface area contributed by atoms with Crippen LogP contribution in [0.2, 0.25) is 0 Å².